The van der Waals surface area contributed by atoms with E-state index in [-0.39, 0.29) is 0 Å². The predicted molar refractivity (Wildman–Crippen MR) is 45.5 cm³/mol. The van der Waals surface area contributed by atoms with Crippen LogP contribution in [0.15, 0.2) is 21.3 Å². The summed E-state index contributed by atoms with van der Waals surface area (Å²) >= 11 is 1.59. The number of hydrogen-bond donors (Lipinski definition) is 1. The van der Waals surface area contributed by atoms with Crippen molar-refractivity contribution in [2.75, 3.05) is 0 Å². The van der Waals surface area contributed by atoms with Gasteiger partial charge in [-0.05, 0) is 11.4 Å². The molecule has 0 radical (unpaired) electrons. The van der Waals surface area contributed by atoms with Crippen LogP contribution in [-0.4, -0.2) is 10.1 Å². The molecule has 0 saturated heterocycles. The van der Waals surface area contributed by atoms with Crippen LogP contribution in [0.1, 0.15) is 5.82 Å². The lowest BCUT2D eigenvalue weighted by Crippen LogP contribution is -1.97. The first-order chi connectivity index (χ1) is 5.90. The van der Waals surface area contributed by atoms with Gasteiger partial charge >= 0.3 is 0 Å². The Morgan fingerprint density at radius 3 is 3.08 bits per heavy atom. The molecule has 2 rings (SSSR count). The zero-order valence-corrected chi connectivity index (χ0v) is 7.04. The molecule has 0 aromatic carbocycles. The third-order valence-corrected chi connectivity index (χ3v) is 2.10. The van der Waals surface area contributed by atoms with Crippen molar-refractivity contribution < 1.29 is 4.52 Å². The van der Waals surface area contributed by atoms with E-state index in [9.17, 15) is 0 Å². The Kier molecular flexibility index (Phi) is 1.89. The second-order valence-corrected chi connectivity index (χ2v) is 3.01. The van der Waals surface area contributed by atoms with Crippen LogP contribution < -0.4 is 5.73 Å². The van der Waals surface area contributed by atoms with Gasteiger partial charge in [-0.1, -0.05) is 5.16 Å². The first-order valence-corrected chi connectivity index (χ1v) is 4.39. The lowest BCUT2D eigenvalue weighted by Gasteiger charge is -1.82. The zero-order chi connectivity index (χ0) is 8.39. The van der Waals surface area contributed by atoms with Crippen molar-refractivity contribution in [2.24, 2.45) is 5.73 Å². The summed E-state index contributed by atoms with van der Waals surface area (Å²) in [6.07, 6.45) is 0. The van der Waals surface area contributed by atoms with Gasteiger partial charge in [0.2, 0.25) is 0 Å². The monoisotopic (exact) mass is 181 g/mol. The standard InChI is InChI=1S/C7H7N3OS/c8-3-6-9-7(11-10-6)5-1-2-12-4-5/h1-2,4H,3,8H2. The van der Waals surface area contributed by atoms with Gasteiger partial charge in [-0.25, -0.2) is 0 Å². The number of thiophene rings is 1. The Morgan fingerprint density at radius 1 is 1.58 bits per heavy atom. The smallest absolute Gasteiger partial charge is 0.258 e. The van der Waals surface area contributed by atoms with E-state index in [0.717, 1.165) is 5.56 Å². The molecule has 0 aliphatic heterocycles. The van der Waals surface area contributed by atoms with E-state index in [2.05, 4.69) is 10.1 Å². The lowest BCUT2D eigenvalue weighted by molar-refractivity contribution is 0.423. The van der Waals surface area contributed by atoms with E-state index in [1.54, 1.807) is 11.3 Å². The van der Waals surface area contributed by atoms with Crippen molar-refractivity contribution in [3.05, 3.63) is 22.7 Å². The molecule has 5 heteroatoms. The molecule has 62 valence electrons. The minimum absolute atomic E-state index is 0.313. The van der Waals surface area contributed by atoms with E-state index in [0.29, 0.717) is 18.3 Å². The predicted octanol–water partition coefficient (Wildman–Crippen LogP) is 1.26. The van der Waals surface area contributed by atoms with Crippen molar-refractivity contribution in [1.29, 1.82) is 0 Å². The molecule has 2 aromatic heterocycles. The van der Waals surface area contributed by atoms with Gasteiger partial charge in [0.05, 0.1) is 12.1 Å². The highest BCUT2D eigenvalue weighted by Crippen LogP contribution is 2.19. The van der Waals surface area contributed by atoms with Gasteiger partial charge in [-0.2, -0.15) is 16.3 Å². The molecule has 12 heavy (non-hydrogen) atoms. The summed E-state index contributed by atoms with van der Waals surface area (Å²) in [6.45, 7) is 0.313. The molecule has 0 amide bonds. The van der Waals surface area contributed by atoms with Crippen molar-refractivity contribution in [3.63, 3.8) is 0 Å². The number of nitrogens with two attached hydrogens (primary N) is 1. The number of nitrogens with zero attached hydrogens (tertiary/aromatic N) is 2. The summed E-state index contributed by atoms with van der Waals surface area (Å²) in [5, 5.41) is 7.60. The minimum Gasteiger partial charge on any atom is -0.334 e. The Balaban J connectivity index is 2.35. The maximum absolute atomic E-state index is 5.33. The molecule has 0 spiro atoms. The molecule has 0 bridgehead atoms. The van der Waals surface area contributed by atoms with Gasteiger partial charge in [-0.15, -0.1) is 0 Å². The molecule has 0 atom stereocenters. The fourth-order valence-electron chi connectivity index (χ4n) is 0.840. The Hall–Kier alpha value is -1.20. The number of aromatic nitrogens is 2. The van der Waals surface area contributed by atoms with Gasteiger partial charge in [0.1, 0.15) is 0 Å². The summed E-state index contributed by atoms with van der Waals surface area (Å²) in [7, 11) is 0. The molecular formula is C7H7N3OS. The Bertz CT molecular complexity index is 354. The molecule has 0 aliphatic rings. The fraction of sp³-hybridized carbons (Fsp3) is 0.143. The minimum atomic E-state index is 0.313. The summed E-state index contributed by atoms with van der Waals surface area (Å²) in [5.41, 5.74) is 6.29. The summed E-state index contributed by atoms with van der Waals surface area (Å²) in [6, 6.07) is 1.93. The van der Waals surface area contributed by atoms with Crippen molar-refractivity contribution in [3.8, 4) is 11.5 Å². The quantitative estimate of drug-likeness (QED) is 0.757. The molecule has 0 fully saturated rings. The number of hydrogen-bond acceptors (Lipinski definition) is 5. The maximum Gasteiger partial charge on any atom is 0.258 e. The van der Waals surface area contributed by atoms with Crippen LogP contribution in [0, 0.1) is 0 Å². The molecule has 2 N–H and O–H groups in total. The van der Waals surface area contributed by atoms with Gasteiger partial charge < -0.3 is 10.3 Å². The third kappa shape index (κ3) is 1.24. The molecule has 0 aliphatic carbocycles. The summed E-state index contributed by atoms with van der Waals surface area (Å²) < 4.78 is 4.97. The average Bonchev–Trinajstić information content (AvgIpc) is 2.75. The maximum atomic E-state index is 5.33. The first-order valence-electron chi connectivity index (χ1n) is 3.45. The van der Waals surface area contributed by atoms with E-state index in [4.69, 9.17) is 10.3 Å². The van der Waals surface area contributed by atoms with Crippen LogP contribution in [0.3, 0.4) is 0 Å². The summed E-state index contributed by atoms with van der Waals surface area (Å²) in [5.74, 6) is 1.08. The SMILES string of the molecule is NCc1noc(-c2ccsc2)n1. The molecule has 4 nitrogen and oxygen atoms in total. The van der Waals surface area contributed by atoms with Crippen LogP contribution in [-0.2, 0) is 6.54 Å². The van der Waals surface area contributed by atoms with E-state index in [1.807, 2.05) is 16.8 Å². The zero-order valence-electron chi connectivity index (χ0n) is 6.23. The highest BCUT2D eigenvalue weighted by Gasteiger charge is 2.06. The van der Waals surface area contributed by atoms with Crippen LogP contribution in [0.25, 0.3) is 11.5 Å². The van der Waals surface area contributed by atoms with Crippen molar-refractivity contribution in [1.82, 2.24) is 10.1 Å². The van der Waals surface area contributed by atoms with Gasteiger partial charge in [-0.3, -0.25) is 0 Å². The van der Waals surface area contributed by atoms with E-state index >= 15 is 0 Å². The normalized spacial score (nSPS) is 10.4. The van der Waals surface area contributed by atoms with E-state index < -0.39 is 0 Å². The average molecular weight is 181 g/mol. The van der Waals surface area contributed by atoms with Crippen LogP contribution >= 0.6 is 11.3 Å². The topological polar surface area (TPSA) is 64.9 Å². The second-order valence-electron chi connectivity index (χ2n) is 2.23. The lowest BCUT2D eigenvalue weighted by atomic mass is 10.3. The van der Waals surface area contributed by atoms with Crippen LogP contribution in [0.5, 0.6) is 0 Å². The third-order valence-electron chi connectivity index (χ3n) is 1.42. The Morgan fingerprint density at radius 2 is 2.50 bits per heavy atom. The molecule has 0 saturated carbocycles. The van der Waals surface area contributed by atoms with Gasteiger partial charge in [0.15, 0.2) is 5.82 Å². The van der Waals surface area contributed by atoms with E-state index in [1.165, 1.54) is 0 Å². The fourth-order valence-corrected chi connectivity index (χ4v) is 1.47. The highest BCUT2D eigenvalue weighted by molar-refractivity contribution is 7.08. The molecule has 2 heterocycles. The first kappa shape index (κ1) is 7.45. The van der Waals surface area contributed by atoms with Gasteiger partial charge in [0, 0.05) is 5.38 Å². The van der Waals surface area contributed by atoms with Crippen molar-refractivity contribution >= 4 is 11.3 Å². The molecule has 0 unspecified atom stereocenters. The van der Waals surface area contributed by atoms with Crippen LogP contribution in [0.4, 0.5) is 0 Å². The second kappa shape index (κ2) is 3.04. The van der Waals surface area contributed by atoms with Crippen LogP contribution in [0.2, 0.25) is 0 Å². The Labute approximate surface area is 73.0 Å². The highest BCUT2D eigenvalue weighted by atomic mass is 32.1. The molecule has 2 aromatic rings. The summed E-state index contributed by atoms with van der Waals surface area (Å²) in [4.78, 5) is 4.08. The molecular weight excluding hydrogens is 174 g/mol. The largest absolute Gasteiger partial charge is 0.334 e. The number of rotatable bonds is 2. The van der Waals surface area contributed by atoms with Crippen molar-refractivity contribution in [2.45, 2.75) is 6.54 Å². The van der Waals surface area contributed by atoms with Gasteiger partial charge in [0.25, 0.3) is 5.89 Å².